The highest BCUT2D eigenvalue weighted by molar-refractivity contribution is 6.07. The van der Waals surface area contributed by atoms with E-state index in [0.717, 1.165) is 10.5 Å². The zero-order valence-corrected chi connectivity index (χ0v) is 18.1. The molecule has 0 aliphatic carbocycles. The standard InChI is InChI=1S/C23H24N4O6/c1-23(16-7-8-17-18(13-16)33-12-11-32-17)20(29)27(22(31)26-23)10-9-19(28)25-21(30)24-14-15-5-3-2-4-6-15/h2-8,13H,9-12,14H2,1H3,(H,26,31)(H2,24,25,28,30). The van der Waals surface area contributed by atoms with Crippen LogP contribution in [0.2, 0.25) is 0 Å². The second kappa shape index (κ2) is 9.19. The van der Waals surface area contributed by atoms with Crippen LogP contribution in [0.25, 0.3) is 0 Å². The third kappa shape index (κ3) is 4.74. The van der Waals surface area contributed by atoms with E-state index >= 15 is 0 Å². The molecule has 1 fully saturated rings. The first-order valence-corrected chi connectivity index (χ1v) is 10.5. The van der Waals surface area contributed by atoms with Gasteiger partial charge in [-0.05, 0) is 30.2 Å². The van der Waals surface area contributed by atoms with E-state index in [2.05, 4.69) is 16.0 Å². The van der Waals surface area contributed by atoms with Crippen molar-refractivity contribution < 1.29 is 28.7 Å². The number of carbonyl (C=O) groups excluding carboxylic acids is 4. The predicted molar refractivity (Wildman–Crippen MR) is 116 cm³/mol. The number of urea groups is 2. The van der Waals surface area contributed by atoms with Crippen molar-refractivity contribution in [2.75, 3.05) is 19.8 Å². The molecular formula is C23H24N4O6. The fourth-order valence-corrected chi connectivity index (χ4v) is 3.67. The topological polar surface area (TPSA) is 126 Å². The first kappa shape index (κ1) is 22.1. The molecule has 0 bridgehead atoms. The Morgan fingerprint density at radius 1 is 1.06 bits per heavy atom. The van der Waals surface area contributed by atoms with Gasteiger partial charge >= 0.3 is 12.1 Å². The minimum Gasteiger partial charge on any atom is -0.486 e. The number of imide groups is 2. The van der Waals surface area contributed by atoms with E-state index in [1.165, 1.54) is 0 Å². The van der Waals surface area contributed by atoms with Gasteiger partial charge in [0.2, 0.25) is 5.91 Å². The minimum atomic E-state index is -1.31. The lowest BCUT2D eigenvalue weighted by Gasteiger charge is -2.25. The first-order chi connectivity index (χ1) is 15.9. The van der Waals surface area contributed by atoms with Gasteiger partial charge in [0.15, 0.2) is 11.5 Å². The molecule has 2 aliphatic heterocycles. The average Bonchev–Trinajstić information content (AvgIpc) is 3.05. The summed E-state index contributed by atoms with van der Waals surface area (Å²) in [6.07, 6.45) is -0.213. The van der Waals surface area contributed by atoms with Gasteiger partial charge < -0.3 is 20.1 Å². The van der Waals surface area contributed by atoms with Gasteiger partial charge in [-0.3, -0.25) is 19.8 Å². The Balaban J connectivity index is 1.32. The highest BCUT2D eigenvalue weighted by Crippen LogP contribution is 2.36. The van der Waals surface area contributed by atoms with Crippen LogP contribution in [0.1, 0.15) is 24.5 Å². The van der Waals surface area contributed by atoms with E-state index in [0.29, 0.717) is 30.3 Å². The van der Waals surface area contributed by atoms with Crippen molar-refractivity contribution in [2.24, 2.45) is 0 Å². The molecule has 6 amide bonds. The SMILES string of the molecule is CC1(c2ccc3c(c2)OCCO3)NC(=O)N(CCC(=O)NC(=O)NCc2ccccc2)C1=O. The number of carbonyl (C=O) groups is 4. The molecule has 1 atom stereocenters. The number of nitrogens with zero attached hydrogens (tertiary/aromatic N) is 1. The van der Waals surface area contributed by atoms with Crippen molar-refractivity contribution in [3.05, 3.63) is 59.7 Å². The van der Waals surface area contributed by atoms with Crippen LogP contribution in [0.5, 0.6) is 11.5 Å². The number of hydrogen-bond donors (Lipinski definition) is 3. The van der Waals surface area contributed by atoms with Gasteiger partial charge in [-0.1, -0.05) is 36.4 Å². The molecule has 2 aromatic rings. The van der Waals surface area contributed by atoms with Crippen molar-refractivity contribution >= 4 is 23.9 Å². The lowest BCUT2D eigenvalue weighted by atomic mass is 9.91. The largest absolute Gasteiger partial charge is 0.486 e. The third-order valence-corrected chi connectivity index (χ3v) is 5.51. The van der Waals surface area contributed by atoms with Crippen molar-refractivity contribution in [1.82, 2.24) is 20.9 Å². The van der Waals surface area contributed by atoms with Crippen LogP contribution in [0.3, 0.4) is 0 Å². The smallest absolute Gasteiger partial charge is 0.325 e. The zero-order valence-electron chi connectivity index (χ0n) is 18.1. The number of fused-ring (bicyclic) bond motifs is 1. The summed E-state index contributed by atoms with van der Waals surface area (Å²) >= 11 is 0. The molecule has 2 aliphatic rings. The first-order valence-electron chi connectivity index (χ1n) is 10.5. The molecule has 0 aromatic heterocycles. The summed E-state index contributed by atoms with van der Waals surface area (Å²) in [7, 11) is 0. The monoisotopic (exact) mass is 452 g/mol. The molecule has 4 rings (SSSR count). The Morgan fingerprint density at radius 3 is 2.55 bits per heavy atom. The lowest BCUT2D eigenvalue weighted by Crippen LogP contribution is -2.42. The van der Waals surface area contributed by atoms with Crippen LogP contribution in [-0.4, -0.2) is 48.5 Å². The number of nitrogens with one attached hydrogen (secondary N) is 3. The highest BCUT2D eigenvalue weighted by atomic mass is 16.6. The van der Waals surface area contributed by atoms with Crippen LogP contribution in [0.4, 0.5) is 9.59 Å². The van der Waals surface area contributed by atoms with Crippen molar-refractivity contribution in [2.45, 2.75) is 25.4 Å². The molecule has 1 saturated heterocycles. The van der Waals surface area contributed by atoms with Crippen molar-refractivity contribution in [1.29, 1.82) is 0 Å². The van der Waals surface area contributed by atoms with Crippen LogP contribution >= 0.6 is 0 Å². The van der Waals surface area contributed by atoms with Gasteiger partial charge in [-0.2, -0.15) is 0 Å². The Labute approximate surface area is 190 Å². The second-order valence-electron chi connectivity index (χ2n) is 7.84. The van der Waals surface area contributed by atoms with E-state index in [4.69, 9.17) is 9.47 Å². The molecule has 0 spiro atoms. The Kier molecular flexibility index (Phi) is 6.16. The summed E-state index contributed by atoms with van der Waals surface area (Å²) < 4.78 is 11.1. The third-order valence-electron chi connectivity index (χ3n) is 5.51. The van der Waals surface area contributed by atoms with Gasteiger partial charge in [0.05, 0.1) is 0 Å². The van der Waals surface area contributed by atoms with Gasteiger partial charge in [0.1, 0.15) is 18.8 Å². The summed E-state index contributed by atoms with van der Waals surface area (Å²) in [5.41, 5.74) is 0.117. The highest BCUT2D eigenvalue weighted by Gasteiger charge is 2.49. The van der Waals surface area contributed by atoms with E-state index < -0.39 is 29.4 Å². The van der Waals surface area contributed by atoms with Crippen LogP contribution in [-0.2, 0) is 21.7 Å². The molecule has 1 unspecified atom stereocenters. The quantitative estimate of drug-likeness (QED) is 0.572. The summed E-state index contributed by atoms with van der Waals surface area (Å²) in [5.74, 6) is -0.0228. The van der Waals surface area contributed by atoms with E-state index in [1.54, 1.807) is 25.1 Å². The normalized spacial score (nSPS) is 19.1. The molecule has 2 aromatic carbocycles. The molecule has 10 nitrogen and oxygen atoms in total. The van der Waals surface area contributed by atoms with E-state index in [-0.39, 0.29) is 19.5 Å². The van der Waals surface area contributed by atoms with E-state index in [1.807, 2.05) is 30.3 Å². The number of amides is 6. The summed E-state index contributed by atoms with van der Waals surface area (Å²) in [5, 5.41) is 7.47. The van der Waals surface area contributed by atoms with Crippen molar-refractivity contribution in [3.63, 3.8) is 0 Å². The maximum atomic E-state index is 13.1. The summed E-state index contributed by atoms with van der Waals surface area (Å²) in [6, 6.07) is 13.0. The van der Waals surface area contributed by atoms with Crippen LogP contribution in [0.15, 0.2) is 48.5 Å². The minimum absolute atomic E-state index is 0.164. The van der Waals surface area contributed by atoms with Crippen LogP contribution < -0.4 is 25.4 Å². The van der Waals surface area contributed by atoms with Crippen molar-refractivity contribution in [3.8, 4) is 11.5 Å². The fraction of sp³-hybridized carbons (Fsp3) is 0.304. The lowest BCUT2D eigenvalue weighted by molar-refractivity contribution is -0.131. The van der Waals surface area contributed by atoms with Gasteiger partial charge in [-0.25, -0.2) is 9.59 Å². The molecule has 33 heavy (non-hydrogen) atoms. The molecule has 0 radical (unpaired) electrons. The number of benzene rings is 2. The maximum absolute atomic E-state index is 13.1. The fourth-order valence-electron chi connectivity index (χ4n) is 3.67. The number of ether oxygens (including phenoxy) is 2. The summed E-state index contributed by atoms with van der Waals surface area (Å²) in [4.78, 5) is 50.6. The van der Waals surface area contributed by atoms with Crippen LogP contribution in [0, 0.1) is 0 Å². The zero-order chi connectivity index (χ0) is 23.4. The molecule has 172 valence electrons. The van der Waals surface area contributed by atoms with Gasteiger partial charge in [-0.15, -0.1) is 0 Å². The molecule has 3 N–H and O–H groups in total. The maximum Gasteiger partial charge on any atom is 0.325 e. The second-order valence-corrected chi connectivity index (χ2v) is 7.84. The van der Waals surface area contributed by atoms with Gasteiger partial charge in [0.25, 0.3) is 5.91 Å². The number of hydrogen-bond acceptors (Lipinski definition) is 6. The molecular weight excluding hydrogens is 428 g/mol. The molecule has 2 heterocycles. The molecule has 10 heteroatoms. The summed E-state index contributed by atoms with van der Waals surface area (Å²) in [6.45, 7) is 2.53. The Hall–Kier alpha value is -4.08. The average molecular weight is 452 g/mol. The van der Waals surface area contributed by atoms with E-state index in [9.17, 15) is 19.2 Å². The number of rotatable bonds is 6. The predicted octanol–water partition coefficient (Wildman–Crippen LogP) is 1.64. The van der Waals surface area contributed by atoms with Gasteiger partial charge in [0, 0.05) is 19.5 Å². The Bertz CT molecular complexity index is 1090. The Morgan fingerprint density at radius 2 is 1.79 bits per heavy atom. The molecule has 0 saturated carbocycles.